The number of ether oxygens (including phenoxy) is 1. The maximum Gasteiger partial charge on any atom is 0.305 e. The summed E-state index contributed by atoms with van der Waals surface area (Å²) in [6.07, 6.45) is -0.279. The highest BCUT2D eigenvalue weighted by molar-refractivity contribution is 7.91. The molecule has 0 aliphatic carbocycles. The van der Waals surface area contributed by atoms with Gasteiger partial charge in [0.05, 0.1) is 24.2 Å². The van der Waals surface area contributed by atoms with Crippen molar-refractivity contribution in [1.82, 2.24) is 0 Å². The van der Waals surface area contributed by atoms with E-state index in [1.165, 1.54) is 19.2 Å². The Bertz CT molecular complexity index is 584. The van der Waals surface area contributed by atoms with Crippen LogP contribution in [0.4, 0.5) is 0 Å². The Morgan fingerprint density at radius 3 is 2.43 bits per heavy atom. The molecule has 1 unspecified atom stereocenters. The normalized spacial score (nSPS) is 12.6. The number of carbonyl (C=O) groups is 1. The standard InChI is InChI=1S/C13H17NO6S/c1-20-13(15)8-7-11(14(16)17)9-10-21(18,19)12-5-3-2-4-6-12/h2-6,11H,7-10H2,1H3. The molecule has 21 heavy (non-hydrogen) atoms. The van der Waals surface area contributed by atoms with E-state index in [2.05, 4.69) is 4.74 Å². The van der Waals surface area contributed by atoms with Crippen molar-refractivity contribution < 1.29 is 22.9 Å². The second-order valence-corrected chi connectivity index (χ2v) is 6.58. The van der Waals surface area contributed by atoms with Crippen molar-refractivity contribution in [3.8, 4) is 0 Å². The van der Waals surface area contributed by atoms with Gasteiger partial charge in [0.25, 0.3) is 0 Å². The molecule has 7 nitrogen and oxygen atoms in total. The first-order valence-electron chi connectivity index (χ1n) is 6.35. The second-order valence-electron chi connectivity index (χ2n) is 4.47. The van der Waals surface area contributed by atoms with Crippen LogP contribution in [-0.4, -0.2) is 38.2 Å². The van der Waals surface area contributed by atoms with Crippen molar-refractivity contribution in [2.24, 2.45) is 0 Å². The van der Waals surface area contributed by atoms with Gasteiger partial charge in [0.2, 0.25) is 6.04 Å². The van der Waals surface area contributed by atoms with Crippen molar-refractivity contribution in [1.29, 1.82) is 0 Å². The first-order chi connectivity index (χ1) is 9.86. The highest BCUT2D eigenvalue weighted by Crippen LogP contribution is 2.15. The van der Waals surface area contributed by atoms with Crippen LogP contribution in [0.5, 0.6) is 0 Å². The van der Waals surface area contributed by atoms with E-state index < -0.39 is 26.8 Å². The summed E-state index contributed by atoms with van der Waals surface area (Å²) in [7, 11) is -2.36. The molecule has 0 amide bonds. The fourth-order valence-electron chi connectivity index (χ4n) is 1.78. The minimum absolute atomic E-state index is 0.0377. The Labute approximate surface area is 123 Å². The molecular weight excluding hydrogens is 298 g/mol. The number of sulfone groups is 1. The van der Waals surface area contributed by atoms with Gasteiger partial charge in [0.1, 0.15) is 0 Å². The largest absolute Gasteiger partial charge is 0.469 e. The molecule has 116 valence electrons. The van der Waals surface area contributed by atoms with Gasteiger partial charge in [-0.3, -0.25) is 14.9 Å². The number of carbonyl (C=O) groups excluding carboxylic acids is 1. The van der Waals surface area contributed by atoms with Gasteiger partial charge in [-0.25, -0.2) is 8.42 Å². The van der Waals surface area contributed by atoms with E-state index in [4.69, 9.17) is 0 Å². The highest BCUT2D eigenvalue weighted by Gasteiger charge is 2.25. The molecule has 1 aromatic rings. The van der Waals surface area contributed by atoms with Crippen LogP contribution in [0.3, 0.4) is 0 Å². The number of hydrogen-bond acceptors (Lipinski definition) is 6. The summed E-state index contributed by atoms with van der Waals surface area (Å²) in [5.41, 5.74) is 0. The summed E-state index contributed by atoms with van der Waals surface area (Å²) in [4.78, 5) is 21.5. The lowest BCUT2D eigenvalue weighted by Crippen LogP contribution is -2.24. The van der Waals surface area contributed by atoms with Crippen LogP contribution in [0.15, 0.2) is 35.2 Å². The molecule has 0 aliphatic heterocycles. The Morgan fingerprint density at radius 2 is 1.90 bits per heavy atom. The Hall–Kier alpha value is -1.96. The van der Waals surface area contributed by atoms with E-state index >= 15 is 0 Å². The predicted molar refractivity (Wildman–Crippen MR) is 75.1 cm³/mol. The first-order valence-corrected chi connectivity index (χ1v) is 8.00. The second kappa shape index (κ2) is 7.72. The molecule has 0 saturated carbocycles. The zero-order valence-electron chi connectivity index (χ0n) is 11.6. The van der Waals surface area contributed by atoms with Crippen LogP contribution in [0.25, 0.3) is 0 Å². The van der Waals surface area contributed by atoms with Crippen LogP contribution in [0.2, 0.25) is 0 Å². The van der Waals surface area contributed by atoms with Crippen LogP contribution in [0.1, 0.15) is 19.3 Å². The fourth-order valence-corrected chi connectivity index (χ4v) is 3.17. The minimum atomic E-state index is -3.55. The van der Waals surface area contributed by atoms with E-state index in [0.29, 0.717) is 0 Å². The molecular formula is C13H17NO6S. The third-order valence-corrected chi connectivity index (χ3v) is 4.79. The van der Waals surface area contributed by atoms with Crippen molar-refractivity contribution in [2.45, 2.75) is 30.2 Å². The van der Waals surface area contributed by atoms with Crippen molar-refractivity contribution >= 4 is 15.8 Å². The van der Waals surface area contributed by atoms with Gasteiger partial charge < -0.3 is 4.74 Å². The molecule has 1 rings (SSSR count). The summed E-state index contributed by atoms with van der Waals surface area (Å²) in [6, 6.07) is 6.69. The summed E-state index contributed by atoms with van der Waals surface area (Å²) in [6.45, 7) is 0. The summed E-state index contributed by atoms with van der Waals surface area (Å²) < 4.78 is 28.5. The summed E-state index contributed by atoms with van der Waals surface area (Å²) in [5.74, 6) is -0.878. The smallest absolute Gasteiger partial charge is 0.305 e. The Morgan fingerprint density at radius 1 is 1.29 bits per heavy atom. The lowest BCUT2D eigenvalue weighted by Gasteiger charge is -2.09. The predicted octanol–water partition coefficient (Wildman–Crippen LogP) is 1.45. The maximum atomic E-state index is 12.0. The van der Waals surface area contributed by atoms with Crippen LogP contribution < -0.4 is 0 Å². The average molecular weight is 315 g/mol. The molecule has 0 spiro atoms. The van der Waals surface area contributed by atoms with Gasteiger partial charge in [-0.2, -0.15) is 0 Å². The van der Waals surface area contributed by atoms with E-state index in [1.807, 2.05) is 0 Å². The van der Waals surface area contributed by atoms with E-state index in [-0.39, 0.29) is 29.9 Å². The lowest BCUT2D eigenvalue weighted by molar-refractivity contribution is -0.523. The fraction of sp³-hybridized carbons (Fsp3) is 0.462. The Kier molecular flexibility index (Phi) is 6.29. The molecule has 0 N–H and O–H groups in total. The molecule has 1 aromatic carbocycles. The third-order valence-electron chi connectivity index (χ3n) is 3.03. The van der Waals surface area contributed by atoms with Gasteiger partial charge in [-0.05, 0) is 12.1 Å². The summed E-state index contributed by atoms with van der Waals surface area (Å²) >= 11 is 0. The van der Waals surface area contributed by atoms with Crippen LogP contribution in [-0.2, 0) is 19.4 Å². The Balaban J connectivity index is 2.65. The van der Waals surface area contributed by atoms with E-state index in [0.717, 1.165) is 0 Å². The molecule has 0 bridgehead atoms. The molecule has 0 fully saturated rings. The van der Waals surface area contributed by atoms with Gasteiger partial charge in [0, 0.05) is 17.8 Å². The minimum Gasteiger partial charge on any atom is -0.469 e. The number of hydrogen-bond donors (Lipinski definition) is 0. The number of benzene rings is 1. The number of methoxy groups -OCH3 is 1. The zero-order valence-corrected chi connectivity index (χ0v) is 12.4. The molecule has 0 aromatic heterocycles. The highest BCUT2D eigenvalue weighted by atomic mass is 32.2. The molecule has 0 saturated heterocycles. The number of rotatable bonds is 8. The van der Waals surface area contributed by atoms with Gasteiger partial charge in [-0.1, -0.05) is 18.2 Å². The van der Waals surface area contributed by atoms with Gasteiger partial charge >= 0.3 is 5.97 Å². The molecule has 0 heterocycles. The number of nitro groups is 1. The maximum absolute atomic E-state index is 12.0. The monoisotopic (exact) mass is 315 g/mol. The van der Waals surface area contributed by atoms with Crippen molar-refractivity contribution in [3.63, 3.8) is 0 Å². The van der Waals surface area contributed by atoms with Gasteiger partial charge in [0.15, 0.2) is 9.84 Å². The SMILES string of the molecule is COC(=O)CCC(CCS(=O)(=O)c1ccccc1)[N+](=O)[O-]. The molecule has 1 atom stereocenters. The first kappa shape index (κ1) is 17.1. The molecule has 0 radical (unpaired) electrons. The van der Waals surface area contributed by atoms with Crippen LogP contribution >= 0.6 is 0 Å². The van der Waals surface area contributed by atoms with E-state index in [9.17, 15) is 23.3 Å². The van der Waals surface area contributed by atoms with Crippen molar-refractivity contribution in [2.75, 3.05) is 12.9 Å². The van der Waals surface area contributed by atoms with Crippen molar-refractivity contribution in [3.05, 3.63) is 40.4 Å². The van der Waals surface area contributed by atoms with Gasteiger partial charge in [-0.15, -0.1) is 0 Å². The number of esters is 1. The average Bonchev–Trinajstić information content (AvgIpc) is 2.47. The van der Waals surface area contributed by atoms with Crippen LogP contribution in [0, 0.1) is 10.1 Å². The third kappa shape index (κ3) is 5.50. The van der Waals surface area contributed by atoms with E-state index in [1.54, 1.807) is 18.2 Å². The zero-order chi connectivity index (χ0) is 15.9. The quantitative estimate of drug-likeness (QED) is 0.408. The lowest BCUT2D eigenvalue weighted by atomic mass is 10.1. The molecule has 8 heteroatoms. The molecule has 0 aliphatic rings. The number of nitrogens with zero attached hydrogens (tertiary/aromatic N) is 1. The topological polar surface area (TPSA) is 104 Å². The summed E-state index contributed by atoms with van der Waals surface area (Å²) in [5, 5.41) is 10.9.